The average Bonchev–Trinajstić information content (AvgIpc) is 2.97. The average molecular weight is 236 g/mol. The number of hydrogen-bond acceptors (Lipinski definition) is 5. The van der Waals surface area contributed by atoms with Crippen molar-refractivity contribution in [1.82, 2.24) is 25.2 Å². The molecule has 2 heterocycles. The first kappa shape index (κ1) is 11.3. The van der Waals surface area contributed by atoms with Crippen molar-refractivity contribution < 1.29 is 9.53 Å². The van der Waals surface area contributed by atoms with Crippen molar-refractivity contribution in [2.45, 2.75) is 6.54 Å². The maximum absolute atomic E-state index is 11.6. The van der Waals surface area contributed by atoms with Gasteiger partial charge in [0.25, 0.3) is 5.91 Å². The fourth-order valence-corrected chi connectivity index (χ4v) is 1.24. The number of anilines is 1. The number of ether oxygens (including phenoxy) is 1. The van der Waals surface area contributed by atoms with Crippen LogP contribution in [0.4, 0.5) is 5.69 Å². The van der Waals surface area contributed by atoms with E-state index in [4.69, 9.17) is 4.74 Å². The largest absolute Gasteiger partial charge is 0.383 e. The van der Waals surface area contributed by atoms with Crippen LogP contribution in [0.1, 0.15) is 10.5 Å². The second kappa shape index (κ2) is 5.21. The minimum Gasteiger partial charge on any atom is -0.383 e. The summed E-state index contributed by atoms with van der Waals surface area (Å²) in [6.45, 7) is 1.20. The summed E-state index contributed by atoms with van der Waals surface area (Å²) in [6, 6.07) is 0. The molecule has 0 atom stereocenters. The SMILES string of the molecule is COCCn1cc(NC(=O)c2cn[nH]n2)cn1. The number of aromatic nitrogens is 5. The first-order valence-corrected chi connectivity index (χ1v) is 4.98. The molecule has 0 aliphatic carbocycles. The van der Waals surface area contributed by atoms with Gasteiger partial charge in [-0.3, -0.25) is 9.48 Å². The van der Waals surface area contributed by atoms with Crippen LogP contribution in [0.2, 0.25) is 0 Å². The summed E-state index contributed by atoms with van der Waals surface area (Å²) < 4.78 is 6.61. The molecule has 0 fully saturated rings. The molecule has 2 rings (SSSR count). The fourth-order valence-electron chi connectivity index (χ4n) is 1.24. The van der Waals surface area contributed by atoms with Gasteiger partial charge in [-0.15, -0.1) is 0 Å². The van der Waals surface area contributed by atoms with E-state index in [-0.39, 0.29) is 11.6 Å². The van der Waals surface area contributed by atoms with Crippen LogP contribution in [-0.4, -0.2) is 44.8 Å². The molecule has 0 aliphatic rings. The lowest BCUT2D eigenvalue weighted by Crippen LogP contribution is -2.12. The Labute approximate surface area is 97.0 Å². The highest BCUT2D eigenvalue weighted by molar-refractivity contribution is 6.02. The summed E-state index contributed by atoms with van der Waals surface area (Å²) in [7, 11) is 1.62. The Morgan fingerprint density at radius 1 is 1.59 bits per heavy atom. The van der Waals surface area contributed by atoms with Crippen molar-refractivity contribution in [2.24, 2.45) is 0 Å². The van der Waals surface area contributed by atoms with Crippen LogP contribution in [0, 0.1) is 0 Å². The summed E-state index contributed by atoms with van der Waals surface area (Å²) in [5.41, 5.74) is 0.837. The molecule has 90 valence electrons. The number of carbonyl (C=O) groups excluding carboxylic acids is 1. The summed E-state index contributed by atoms with van der Waals surface area (Å²) in [5, 5.41) is 16.3. The third-order valence-corrected chi connectivity index (χ3v) is 2.06. The molecule has 2 aromatic rings. The van der Waals surface area contributed by atoms with Crippen LogP contribution in [0.25, 0.3) is 0 Å². The summed E-state index contributed by atoms with van der Waals surface area (Å²) >= 11 is 0. The predicted molar refractivity (Wildman–Crippen MR) is 58.4 cm³/mol. The molecule has 8 heteroatoms. The van der Waals surface area contributed by atoms with Gasteiger partial charge in [-0.05, 0) is 0 Å². The number of rotatable bonds is 5. The summed E-state index contributed by atoms with van der Waals surface area (Å²) in [6.07, 6.45) is 4.63. The van der Waals surface area contributed by atoms with Crippen LogP contribution >= 0.6 is 0 Å². The van der Waals surface area contributed by atoms with E-state index in [1.54, 1.807) is 24.2 Å². The highest BCUT2D eigenvalue weighted by Crippen LogP contribution is 2.06. The molecule has 17 heavy (non-hydrogen) atoms. The van der Waals surface area contributed by atoms with Crippen LogP contribution in [0.15, 0.2) is 18.6 Å². The molecular weight excluding hydrogens is 224 g/mol. The van der Waals surface area contributed by atoms with Gasteiger partial charge in [-0.2, -0.15) is 20.5 Å². The smallest absolute Gasteiger partial charge is 0.277 e. The third kappa shape index (κ3) is 2.88. The van der Waals surface area contributed by atoms with Gasteiger partial charge in [0.1, 0.15) is 0 Å². The Bertz CT molecular complexity index is 477. The van der Waals surface area contributed by atoms with Crippen molar-refractivity contribution in [1.29, 1.82) is 0 Å². The number of amides is 1. The Kier molecular flexibility index (Phi) is 3.46. The van der Waals surface area contributed by atoms with E-state index in [1.807, 2.05) is 0 Å². The molecule has 0 aliphatic heterocycles. The molecule has 1 amide bonds. The Morgan fingerprint density at radius 3 is 3.18 bits per heavy atom. The van der Waals surface area contributed by atoms with Gasteiger partial charge in [-0.25, -0.2) is 0 Å². The fraction of sp³-hybridized carbons (Fsp3) is 0.333. The molecule has 0 bridgehead atoms. The molecule has 0 unspecified atom stereocenters. The predicted octanol–water partition coefficient (Wildman–Crippen LogP) is -0.100. The van der Waals surface area contributed by atoms with E-state index in [0.717, 1.165) is 0 Å². The van der Waals surface area contributed by atoms with E-state index in [1.165, 1.54) is 6.20 Å². The number of hydrogen-bond donors (Lipinski definition) is 2. The van der Waals surface area contributed by atoms with Crippen LogP contribution in [-0.2, 0) is 11.3 Å². The highest BCUT2D eigenvalue weighted by Gasteiger charge is 2.09. The molecule has 2 N–H and O–H groups in total. The number of carbonyl (C=O) groups is 1. The van der Waals surface area contributed by atoms with E-state index in [0.29, 0.717) is 18.8 Å². The Hall–Kier alpha value is -2.22. The number of aromatic amines is 1. The van der Waals surface area contributed by atoms with Crippen molar-refractivity contribution in [3.8, 4) is 0 Å². The highest BCUT2D eigenvalue weighted by atomic mass is 16.5. The molecule has 8 nitrogen and oxygen atoms in total. The van der Waals surface area contributed by atoms with Gasteiger partial charge >= 0.3 is 0 Å². The van der Waals surface area contributed by atoms with Crippen LogP contribution in [0.5, 0.6) is 0 Å². The van der Waals surface area contributed by atoms with Crippen molar-refractivity contribution in [2.75, 3.05) is 19.0 Å². The molecule has 0 saturated carbocycles. The molecular formula is C9H12N6O2. The number of nitrogens with zero attached hydrogens (tertiary/aromatic N) is 4. The second-order valence-corrected chi connectivity index (χ2v) is 3.29. The minimum absolute atomic E-state index is 0.231. The second-order valence-electron chi connectivity index (χ2n) is 3.29. The molecule has 0 spiro atoms. The van der Waals surface area contributed by atoms with Crippen molar-refractivity contribution in [3.05, 3.63) is 24.3 Å². The number of H-pyrrole nitrogens is 1. The lowest BCUT2D eigenvalue weighted by atomic mass is 10.4. The van der Waals surface area contributed by atoms with Gasteiger partial charge in [0.2, 0.25) is 0 Å². The summed E-state index contributed by atoms with van der Waals surface area (Å²) in [4.78, 5) is 11.6. The van der Waals surface area contributed by atoms with Gasteiger partial charge in [0, 0.05) is 13.3 Å². The molecule has 2 aromatic heterocycles. The van der Waals surface area contributed by atoms with E-state index in [2.05, 4.69) is 25.8 Å². The number of methoxy groups -OCH3 is 1. The van der Waals surface area contributed by atoms with E-state index in [9.17, 15) is 4.79 Å². The lowest BCUT2D eigenvalue weighted by Gasteiger charge is -1.99. The van der Waals surface area contributed by atoms with Gasteiger partial charge in [-0.1, -0.05) is 0 Å². The first-order valence-electron chi connectivity index (χ1n) is 4.98. The standard InChI is InChI=1S/C9H12N6O2/c1-17-3-2-15-6-7(4-11-15)12-9(16)8-5-10-14-13-8/h4-6H,2-3H2,1H3,(H,12,16)(H,10,13,14). The van der Waals surface area contributed by atoms with E-state index < -0.39 is 0 Å². The van der Waals surface area contributed by atoms with E-state index >= 15 is 0 Å². The Morgan fingerprint density at radius 2 is 2.47 bits per heavy atom. The topological polar surface area (TPSA) is 97.7 Å². The van der Waals surface area contributed by atoms with Gasteiger partial charge < -0.3 is 10.1 Å². The zero-order valence-corrected chi connectivity index (χ0v) is 9.25. The van der Waals surface area contributed by atoms with Gasteiger partial charge in [0.15, 0.2) is 5.69 Å². The Balaban J connectivity index is 1.95. The minimum atomic E-state index is -0.329. The van der Waals surface area contributed by atoms with Crippen molar-refractivity contribution >= 4 is 11.6 Å². The monoisotopic (exact) mass is 236 g/mol. The van der Waals surface area contributed by atoms with Crippen molar-refractivity contribution in [3.63, 3.8) is 0 Å². The normalized spacial score (nSPS) is 10.4. The van der Waals surface area contributed by atoms with Crippen LogP contribution in [0.3, 0.4) is 0 Å². The zero-order chi connectivity index (χ0) is 12.1. The van der Waals surface area contributed by atoms with Crippen LogP contribution < -0.4 is 5.32 Å². The first-order chi connectivity index (χ1) is 8.29. The van der Waals surface area contributed by atoms with Gasteiger partial charge in [0.05, 0.1) is 31.2 Å². The maximum Gasteiger partial charge on any atom is 0.277 e. The zero-order valence-electron chi connectivity index (χ0n) is 9.25. The maximum atomic E-state index is 11.6. The lowest BCUT2D eigenvalue weighted by molar-refractivity contribution is 0.102. The molecule has 0 radical (unpaired) electrons. The third-order valence-electron chi connectivity index (χ3n) is 2.06. The molecule has 0 aromatic carbocycles. The quantitative estimate of drug-likeness (QED) is 0.755. The summed E-state index contributed by atoms with van der Waals surface area (Å²) in [5.74, 6) is -0.329. The number of nitrogens with one attached hydrogen (secondary N) is 2. The molecule has 0 saturated heterocycles.